The van der Waals surface area contributed by atoms with E-state index in [2.05, 4.69) is 34.9 Å². The SMILES string of the molecule is Cc1ccc2c(cnn2CC2CC2)c1. The molecule has 1 aromatic carbocycles. The highest BCUT2D eigenvalue weighted by Gasteiger charge is 2.22. The molecule has 1 fully saturated rings. The number of hydrogen-bond acceptors (Lipinski definition) is 1. The summed E-state index contributed by atoms with van der Waals surface area (Å²) in [4.78, 5) is 0. The highest BCUT2D eigenvalue weighted by atomic mass is 15.3. The molecule has 0 unspecified atom stereocenters. The van der Waals surface area contributed by atoms with Crippen LogP contribution in [0.4, 0.5) is 0 Å². The predicted octanol–water partition coefficient (Wildman–Crippen LogP) is 2.75. The molecule has 1 saturated carbocycles. The smallest absolute Gasteiger partial charge is 0.0682 e. The summed E-state index contributed by atoms with van der Waals surface area (Å²) >= 11 is 0. The van der Waals surface area contributed by atoms with E-state index in [4.69, 9.17) is 0 Å². The molecule has 0 amide bonds. The molecule has 0 spiro atoms. The Bertz CT molecular complexity index is 466. The van der Waals surface area contributed by atoms with E-state index in [0.717, 1.165) is 12.5 Å². The summed E-state index contributed by atoms with van der Waals surface area (Å²) in [5.41, 5.74) is 2.59. The minimum absolute atomic E-state index is 0.888. The Balaban J connectivity index is 2.06. The maximum atomic E-state index is 4.43. The molecule has 72 valence electrons. The van der Waals surface area contributed by atoms with E-state index in [1.165, 1.54) is 29.3 Å². The van der Waals surface area contributed by atoms with Gasteiger partial charge in [-0.2, -0.15) is 5.10 Å². The van der Waals surface area contributed by atoms with Crippen molar-refractivity contribution in [2.75, 3.05) is 0 Å². The Morgan fingerprint density at radius 2 is 2.29 bits per heavy atom. The highest BCUT2D eigenvalue weighted by Crippen LogP contribution is 2.31. The lowest BCUT2D eigenvalue weighted by molar-refractivity contribution is 0.580. The Kier molecular flexibility index (Phi) is 1.63. The molecule has 0 radical (unpaired) electrons. The van der Waals surface area contributed by atoms with Gasteiger partial charge >= 0.3 is 0 Å². The van der Waals surface area contributed by atoms with E-state index in [-0.39, 0.29) is 0 Å². The molecule has 1 aliphatic carbocycles. The Morgan fingerprint density at radius 3 is 3.07 bits per heavy atom. The van der Waals surface area contributed by atoms with Crippen LogP contribution in [0.1, 0.15) is 18.4 Å². The number of aryl methyl sites for hydroxylation is 1. The van der Waals surface area contributed by atoms with Gasteiger partial charge in [0.2, 0.25) is 0 Å². The summed E-state index contributed by atoms with van der Waals surface area (Å²) in [6.45, 7) is 3.23. The van der Waals surface area contributed by atoms with Gasteiger partial charge < -0.3 is 0 Å². The molecule has 0 bridgehead atoms. The van der Waals surface area contributed by atoms with Crippen LogP contribution in [0.5, 0.6) is 0 Å². The van der Waals surface area contributed by atoms with Gasteiger partial charge in [-0.05, 0) is 37.8 Å². The average Bonchev–Trinajstić information content (AvgIpc) is 2.89. The van der Waals surface area contributed by atoms with E-state index in [9.17, 15) is 0 Å². The topological polar surface area (TPSA) is 17.8 Å². The largest absolute Gasteiger partial charge is 0.265 e. The molecule has 1 heterocycles. The van der Waals surface area contributed by atoms with Gasteiger partial charge in [0.1, 0.15) is 0 Å². The lowest BCUT2D eigenvalue weighted by Gasteiger charge is -2.01. The van der Waals surface area contributed by atoms with Crippen LogP contribution < -0.4 is 0 Å². The van der Waals surface area contributed by atoms with Crippen LogP contribution in [0, 0.1) is 12.8 Å². The standard InChI is InChI=1S/C12H14N2/c1-9-2-5-12-11(6-9)7-13-14(12)8-10-3-4-10/h2,5-7,10H,3-4,8H2,1H3. The molecule has 2 nitrogen and oxygen atoms in total. The lowest BCUT2D eigenvalue weighted by atomic mass is 10.2. The van der Waals surface area contributed by atoms with Crippen molar-refractivity contribution in [3.8, 4) is 0 Å². The van der Waals surface area contributed by atoms with Crippen molar-refractivity contribution in [2.24, 2.45) is 5.92 Å². The first-order valence-electron chi connectivity index (χ1n) is 5.25. The summed E-state index contributed by atoms with van der Waals surface area (Å²) in [6.07, 6.45) is 4.74. The second kappa shape index (κ2) is 2.84. The number of aromatic nitrogens is 2. The van der Waals surface area contributed by atoms with E-state index >= 15 is 0 Å². The second-order valence-electron chi connectivity index (χ2n) is 4.33. The summed E-state index contributed by atoms with van der Waals surface area (Å²) in [5.74, 6) is 0.888. The van der Waals surface area contributed by atoms with Crippen molar-refractivity contribution < 1.29 is 0 Å². The molecule has 0 saturated heterocycles. The van der Waals surface area contributed by atoms with Crippen molar-refractivity contribution in [2.45, 2.75) is 26.3 Å². The molecule has 14 heavy (non-hydrogen) atoms. The highest BCUT2D eigenvalue weighted by molar-refractivity contribution is 5.79. The summed E-state index contributed by atoms with van der Waals surface area (Å²) in [5, 5.41) is 5.70. The van der Waals surface area contributed by atoms with Crippen LogP contribution in [0.3, 0.4) is 0 Å². The number of fused-ring (bicyclic) bond motifs is 1. The van der Waals surface area contributed by atoms with Crippen molar-refractivity contribution in [3.63, 3.8) is 0 Å². The zero-order valence-electron chi connectivity index (χ0n) is 8.40. The minimum Gasteiger partial charge on any atom is -0.265 e. The summed E-state index contributed by atoms with van der Waals surface area (Å²) in [6, 6.07) is 6.54. The van der Waals surface area contributed by atoms with Gasteiger partial charge in [-0.1, -0.05) is 11.6 Å². The molecule has 2 heteroatoms. The quantitative estimate of drug-likeness (QED) is 0.705. The zero-order valence-corrected chi connectivity index (χ0v) is 8.40. The van der Waals surface area contributed by atoms with E-state index in [1.54, 1.807) is 0 Å². The number of rotatable bonds is 2. The molecule has 0 atom stereocenters. The monoisotopic (exact) mass is 186 g/mol. The number of benzene rings is 1. The van der Waals surface area contributed by atoms with E-state index in [1.807, 2.05) is 6.20 Å². The molecule has 2 aromatic rings. The van der Waals surface area contributed by atoms with E-state index in [0.29, 0.717) is 0 Å². The molecule has 1 aromatic heterocycles. The zero-order chi connectivity index (χ0) is 9.54. The third-order valence-corrected chi connectivity index (χ3v) is 2.93. The molecular weight excluding hydrogens is 172 g/mol. The van der Waals surface area contributed by atoms with Gasteiger partial charge in [-0.3, -0.25) is 4.68 Å². The molecule has 3 rings (SSSR count). The normalized spacial score (nSPS) is 16.4. The van der Waals surface area contributed by atoms with Gasteiger partial charge in [0.25, 0.3) is 0 Å². The fourth-order valence-corrected chi connectivity index (χ4v) is 1.90. The molecule has 0 aliphatic heterocycles. The van der Waals surface area contributed by atoms with Gasteiger partial charge in [0.05, 0.1) is 11.7 Å². The minimum atomic E-state index is 0.888. The van der Waals surface area contributed by atoms with Crippen LogP contribution in [-0.4, -0.2) is 9.78 Å². The fraction of sp³-hybridized carbons (Fsp3) is 0.417. The lowest BCUT2D eigenvalue weighted by Crippen LogP contribution is -2.00. The first-order valence-corrected chi connectivity index (χ1v) is 5.25. The average molecular weight is 186 g/mol. The van der Waals surface area contributed by atoms with Crippen molar-refractivity contribution in [3.05, 3.63) is 30.0 Å². The van der Waals surface area contributed by atoms with Crippen LogP contribution in [0.25, 0.3) is 10.9 Å². The number of nitrogens with zero attached hydrogens (tertiary/aromatic N) is 2. The fourth-order valence-electron chi connectivity index (χ4n) is 1.90. The van der Waals surface area contributed by atoms with Crippen LogP contribution in [0.2, 0.25) is 0 Å². The third kappa shape index (κ3) is 1.31. The maximum absolute atomic E-state index is 4.43. The Labute approximate surface area is 83.5 Å². The van der Waals surface area contributed by atoms with E-state index < -0.39 is 0 Å². The van der Waals surface area contributed by atoms with Gasteiger partial charge in [0.15, 0.2) is 0 Å². The van der Waals surface area contributed by atoms with Crippen LogP contribution >= 0.6 is 0 Å². The molecular formula is C12H14N2. The maximum Gasteiger partial charge on any atom is 0.0682 e. The van der Waals surface area contributed by atoms with Crippen molar-refractivity contribution in [1.82, 2.24) is 9.78 Å². The first kappa shape index (κ1) is 8.04. The molecule has 1 aliphatic rings. The first-order chi connectivity index (χ1) is 6.83. The predicted molar refractivity (Wildman–Crippen MR) is 57.2 cm³/mol. The van der Waals surface area contributed by atoms with Gasteiger partial charge in [-0.15, -0.1) is 0 Å². The Hall–Kier alpha value is -1.31. The van der Waals surface area contributed by atoms with Gasteiger partial charge in [0, 0.05) is 11.9 Å². The van der Waals surface area contributed by atoms with Crippen LogP contribution in [0.15, 0.2) is 24.4 Å². The summed E-state index contributed by atoms with van der Waals surface area (Å²) < 4.78 is 2.15. The molecule has 0 N–H and O–H groups in total. The second-order valence-corrected chi connectivity index (χ2v) is 4.33. The summed E-state index contributed by atoms with van der Waals surface area (Å²) in [7, 11) is 0. The Morgan fingerprint density at radius 1 is 1.43 bits per heavy atom. The third-order valence-electron chi connectivity index (χ3n) is 2.93. The van der Waals surface area contributed by atoms with Gasteiger partial charge in [-0.25, -0.2) is 0 Å². The number of hydrogen-bond donors (Lipinski definition) is 0. The van der Waals surface area contributed by atoms with Crippen LogP contribution in [-0.2, 0) is 6.54 Å². The van der Waals surface area contributed by atoms with Crippen molar-refractivity contribution in [1.29, 1.82) is 0 Å². The van der Waals surface area contributed by atoms with Crippen molar-refractivity contribution >= 4 is 10.9 Å².